The van der Waals surface area contributed by atoms with Crippen LogP contribution in [0.2, 0.25) is 0 Å². The van der Waals surface area contributed by atoms with Gasteiger partial charge in [-0.15, -0.1) is 0 Å². The number of benzene rings is 2. The molecular formula is C18H17NO5. The van der Waals surface area contributed by atoms with Crippen LogP contribution in [-0.2, 0) is 6.42 Å². The number of aromatic nitrogens is 1. The van der Waals surface area contributed by atoms with Gasteiger partial charge in [-0.3, -0.25) is 4.79 Å². The highest BCUT2D eigenvalue weighted by Gasteiger charge is 2.19. The molecule has 3 aromatic rings. The Labute approximate surface area is 139 Å². The molecule has 0 aliphatic carbocycles. The van der Waals surface area contributed by atoms with Gasteiger partial charge in [-0.05, 0) is 24.3 Å². The van der Waals surface area contributed by atoms with E-state index in [9.17, 15) is 4.79 Å². The molecule has 1 heterocycles. The number of hydrogen-bond donors (Lipinski definition) is 0. The van der Waals surface area contributed by atoms with Crippen molar-refractivity contribution in [3.05, 3.63) is 47.9 Å². The molecule has 0 bridgehead atoms. The molecule has 0 unspecified atom stereocenters. The Kier molecular flexibility index (Phi) is 4.37. The largest absolute Gasteiger partial charge is 0.493 e. The van der Waals surface area contributed by atoms with Gasteiger partial charge in [0.25, 0.3) is 0 Å². The predicted molar refractivity (Wildman–Crippen MR) is 88.1 cm³/mol. The molecule has 0 N–H and O–H groups in total. The number of fused-ring (bicyclic) bond motifs is 1. The Bertz CT molecular complexity index is 826. The predicted octanol–water partition coefficient (Wildman–Crippen LogP) is 3.28. The standard InChI is InChI=1S/C18H17NO5/c1-21-15-8-11(9-16(22-2)18(15)23-3)13(20)10-17-19-12-6-4-5-7-14(12)24-17/h4-9H,10H2,1-3H3. The number of nitrogens with zero attached hydrogens (tertiary/aromatic N) is 1. The maximum absolute atomic E-state index is 12.6. The summed E-state index contributed by atoms with van der Waals surface area (Å²) in [5.74, 6) is 1.52. The lowest BCUT2D eigenvalue weighted by Crippen LogP contribution is -2.06. The van der Waals surface area contributed by atoms with Crippen molar-refractivity contribution < 1.29 is 23.4 Å². The third-order valence-electron chi connectivity index (χ3n) is 3.64. The summed E-state index contributed by atoms with van der Waals surface area (Å²) in [6, 6.07) is 10.6. The first kappa shape index (κ1) is 15.9. The van der Waals surface area contributed by atoms with Crippen LogP contribution in [0.3, 0.4) is 0 Å². The quantitative estimate of drug-likeness (QED) is 0.647. The summed E-state index contributed by atoms with van der Waals surface area (Å²) in [6.45, 7) is 0. The number of carbonyl (C=O) groups excluding carboxylic acids is 1. The zero-order chi connectivity index (χ0) is 17.1. The second-order valence-electron chi connectivity index (χ2n) is 5.09. The van der Waals surface area contributed by atoms with Crippen molar-refractivity contribution in [3.63, 3.8) is 0 Å². The van der Waals surface area contributed by atoms with Crippen LogP contribution in [0.5, 0.6) is 17.2 Å². The molecule has 0 amide bonds. The highest BCUT2D eigenvalue weighted by molar-refractivity contribution is 5.98. The van der Waals surface area contributed by atoms with Crippen LogP contribution in [0.4, 0.5) is 0 Å². The third-order valence-corrected chi connectivity index (χ3v) is 3.64. The molecule has 6 heteroatoms. The average molecular weight is 327 g/mol. The highest BCUT2D eigenvalue weighted by atomic mass is 16.5. The van der Waals surface area contributed by atoms with Crippen LogP contribution in [-0.4, -0.2) is 32.1 Å². The maximum atomic E-state index is 12.6. The molecule has 0 spiro atoms. The number of para-hydroxylation sites is 2. The Morgan fingerprint density at radius 3 is 2.29 bits per heavy atom. The number of oxazole rings is 1. The zero-order valence-electron chi connectivity index (χ0n) is 13.7. The third kappa shape index (κ3) is 2.90. The minimum absolute atomic E-state index is 0.0489. The molecular weight excluding hydrogens is 310 g/mol. The molecule has 2 aromatic carbocycles. The smallest absolute Gasteiger partial charge is 0.203 e. The monoisotopic (exact) mass is 327 g/mol. The van der Waals surface area contributed by atoms with E-state index in [1.165, 1.54) is 21.3 Å². The van der Waals surface area contributed by atoms with Crippen molar-refractivity contribution in [1.29, 1.82) is 0 Å². The van der Waals surface area contributed by atoms with E-state index in [1.807, 2.05) is 24.3 Å². The number of Topliss-reactive ketones (excluding diaryl/α,β-unsaturated/α-hetero) is 1. The van der Waals surface area contributed by atoms with Gasteiger partial charge in [0.05, 0.1) is 27.8 Å². The molecule has 1 aromatic heterocycles. The molecule has 6 nitrogen and oxygen atoms in total. The number of methoxy groups -OCH3 is 3. The first-order valence-electron chi connectivity index (χ1n) is 7.34. The summed E-state index contributed by atoms with van der Waals surface area (Å²) in [5, 5.41) is 0. The fraction of sp³-hybridized carbons (Fsp3) is 0.222. The number of hydrogen-bond acceptors (Lipinski definition) is 6. The van der Waals surface area contributed by atoms with Crippen molar-refractivity contribution in [2.45, 2.75) is 6.42 Å². The summed E-state index contributed by atoms with van der Waals surface area (Å²) in [4.78, 5) is 16.9. The molecule has 124 valence electrons. The molecule has 0 saturated heterocycles. The Morgan fingerprint density at radius 2 is 1.71 bits per heavy atom. The second-order valence-corrected chi connectivity index (χ2v) is 5.09. The molecule has 3 rings (SSSR count). The van der Waals surface area contributed by atoms with Crippen LogP contribution >= 0.6 is 0 Å². The Hall–Kier alpha value is -3.02. The van der Waals surface area contributed by atoms with E-state index in [0.717, 1.165) is 5.52 Å². The van der Waals surface area contributed by atoms with Gasteiger partial charge in [-0.25, -0.2) is 4.98 Å². The molecule has 0 saturated carbocycles. The van der Waals surface area contributed by atoms with Crippen LogP contribution in [0, 0.1) is 0 Å². The number of rotatable bonds is 6. The highest BCUT2D eigenvalue weighted by Crippen LogP contribution is 2.38. The van der Waals surface area contributed by atoms with Gasteiger partial charge in [0.1, 0.15) is 5.52 Å². The first-order chi connectivity index (χ1) is 11.7. The summed E-state index contributed by atoms with van der Waals surface area (Å²) in [5.41, 5.74) is 1.82. The SMILES string of the molecule is COc1cc(C(=O)Cc2nc3ccccc3o2)cc(OC)c1OC. The van der Waals surface area contributed by atoms with Crippen LogP contribution in [0.15, 0.2) is 40.8 Å². The van der Waals surface area contributed by atoms with Gasteiger partial charge in [0.15, 0.2) is 22.9 Å². The number of ketones is 1. The van der Waals surface area contributed by atoms with Crippen molar-refractivity contribution in [2.75, 3.05) is 21.3 Å². The molecule has 24 heavy (non-hydrogen) atoms. The molecule has 0 atom stereocenters. The number of ether oxygens (including phenoxy) is 3. The maximum Gasteiger partial charge on any atom is 0.203 e. The average Bonchev–Trinajstić information content (AvgIpc) is 3.02. The normalized spacial score (nSPS) is 10.6. The summed E-state index contributed by atoms with van der Waals surface area (Å²) in [7, 11) is 4.53. The van der Waals surface area contributed by atoms with Crippen LogP contribution < -0.4 is 14.2 Å². The molecule has 0 radical (unpaired) electrons. The van der Waals surface area contributed by atoms with Crippen molar-refractivity contribution in [1.82, 2.24) is 4.98 Å². The van der Waals surface area contributed by atoms with E-state index in [-0.39, 0.29) is 12.2 Å². The van der Waals surface area contributed by atoms with Gasteiger partial charge in [0.2, 0.25) is 11.6 Å². The molecule has 0 aliphatic heterocycles. The zero-order valence-corrected chi connectivity index (χ0v) is 13.7. The fourth-order valence-corrected chi connectivity index (χ4v) is 2.48. The fourth-order valence-electron chi connectivity index (χ4n) is 2.48. The Balaban J connectivity index is 1.91. The molecule has 0 aliphatic rings. The van der Waals surface area contributed by atoms with E-state index in [1.54, 1.807) is 12.1 Å². The van der Waals surface area contributed by atoms with Gasteiger partial charge in [-0.2, -0.15) is 0 Å². The van der Waals surface area contributed by atoms with Crippen molar-refractivity contribution in [2.24, 2.45) is 0 Å². The van der Waals surface area contributed by atoms with Crippen molar-refractivity contribution in [3.8, 4) is 17.2 Å². The molecule has 0 fully saturated rings. The van der Waals surface area contributed by atoms with Crippen LogP contribution in [0.1, 0.15) is 16.2 Å². The van der Waals surface area contributed by atoms with Gasteiger partial charge in [0, 0.05) is 5.56 Å². The van der Waals surface area contributed by atoms with E-state index >= 15 is 0 Å². The van der Waals surface area contributed by atoms with Gasteiger partial charge >= 0.3 is 0 Å². The van der Waals surface area contributed by atoms with E-state index < -0.39 is 0 Å². The lowest BCUT2D eigenvalue weighted by atomic mass is 10.1. The van der Waals surface area contributed by atoms with E-state index in [2.05, 4.69) is 4.98 Å². The topological polar surface area (TPSA) is 70.8 Å². The number of carbonyl (C=O) groups is 1. The van der Waals surface area contributed by atoms with E-state index in [0.29, 0.717) is 34.3 Å². The lowest BCUT2D eigenvalue weighted by Gasteiger charge is -2.13. The first-order valence-corrected chi connectivity index (χ1v) is 7.34. The minimum Gasteiger partial charge on any atom is -0.493 e. The second kappa shape index (κ2) is 6.62. The summed E-state index contributed by atoms with van der Waals surface area (Å²) >= 11 is 0. The van der Waals surface area contributed by atoms with Gasteiger partial charge < -0.3 is 18.6 Å². The lowest BCUT2D eigenvalue weighted by molar-refractivity contribution is 0.0985. The van der Waals surface area contributed by atoms with Crippen LogP contribution in [0.25, 0.3) is 11.1 Å². The van der Waals surface area contributed by atoms with Crippen molar-refractivity contribution >= 4 is 16.9 Å². The van der Waals surface area contributed by atoms with E-state index in [4.69, 9.17) is 18.6 Å². The minimum atomic E-state index is -0.152. The summed E-state index contributed by atoms with van der Waals surface area (Å²) in [6.07, 6.45) is 0.0489. The Morgan fingerprint density at radius 1 is 1.04 bits per heavy atom. The van der Waals surface area contributed by atoms with Gasteiger partial charge in [-0.1, -0.05) is 12.1 Å². The summed E-state index contributed by atoms with van der Waals surface area (Å²) < 4.78 is 21.4.